The van der Waals surface area contributed by atoms with Crippen LogP contribution in [-0.2, 0) is 4.79 Å². The first-order valence-corrected chi connectivity index (χ1v) is 6.65. The second kappa shape index (κ2) is 5.89. The van der Waals surface area contributed by atoms with Crippen LogP contribution in [0.25, 0.3) is 6.08 Å². The molecule has 0 spiro atoms. The van der Waals surface area contributed by atoms with E-state index in [2.05, 4.69) is 0 Å². The van der Waals surface area contributed by atoms with Gasteiger partial charge >= 0.3 is 0 Å². The van der Waals surface area contributed by atoms with Crippen LogP contribution >= 0.6 is 0 Å². The van der Waals surface area contributed by atoms with E-state index in [9.17, 15) is 4.79 Å². The first-order valence-electron chi connectivity index (χ1n) is 6.65. The molecule has 4 N–H and O–H groups in total. The first-order chi connectivity index (χ1) is 9.06. The lowest BCUT2D eigenvalue weighted by atomic mass is 10.0. The van der Waals surface area contributed by atoms with Gasteiger partial charge in [0.15, 0.2) is 0 Å². The topological polar surface area (TPSA) is 72.4 Å². The standard InChI is InChI=1S/C15H21N3O/c1-11(10-12-2-4-13(16)5-3-12)15(19)18-8-6-14(17)7-9-18/h2-5,10,14H,6-9,16-17H2,1H3/b11-10+. The molecule has 0 saturated carbocycles. The summed E-state index contributed by atoms with van der Waals surface area (Å²) < 4.78 is 0. The Morgan fingerprint density at radius 2 is 1.84 bits per heavy atom. The summed E-state index contributed by atoms with van der Waals surface area (Å²) in [6.07, 6.45) is 3.68. The number of piperidine rings is 1. The maximum Gasteiger partial charge on any atom is 0.249 e. The van der Waals surface area contributed by atoms with Gasteiger partial charge in [0.2, 0.25) is 5.91 Å². The van der Waals surface area contributed by atoms with E-state index in [4.69, 9.17) is 11.5 Å². The fourth-order valence-corrected chi connectivity index (χ4v) is 2.26. The number of likely N-dealkylation sites (tertiary alicyclic amines) is 1. The summed E-state index contributed by atoms with van der Waals surface area (Å²) in [7, 11) is 0. The molecule has 102 valence electrons. The van der Waals surface area contributed by atoms with Crippen LogP contribution in [-0.4, -0.2) is 29.9 Å². The zero-order valence-corrected chi connectivity index (χ0v) is 11.3. The lowest BCUT2D eigenvalue weighted by Gasteiger charge is -2.30. The maximum atomic E-state index is 12.3. The van der Waals surface area contributed by atoms with Crippen molar-refractivity contribution in [1.82, 2.24) is 4.90 Å². The highest BCUT2D eigenvalue weighted by atomic mass is 16.2. The van der Waals surface area contributed by atoms with E-state index < -0.39 is 0 Å². The van der Waals surface area contributed by atoms with Gasteiger partial charge in [-0.2, -0.15) is 0 Å². The van der Waals surface area contributed by atoms with Crippen molar-refractivity contribution in [2.75, 3.05) is 18.8 Å². The fourth-order valence-electron chi connectivity index (χ4n) is 2.26. The van der Waals surface area contributed by atoms with Crippen LogP contribution in [0.5, 0.6) is 0 Å². The Morgan fingerprint density at radius 1 is 1.26 bits per heavy atom. The molecule has 0 unspecified atom stereocenters. The Bertz CT molecular complexity index is 471. The molecule has 4 nitrogen and oxygen atoms in total. The number of nitrogens with two attached hydrogens (primary N) is 2. The summed E-state index contributed by atoms with van der Waals surface area (Å²) in [5.41, 5.74) is 14.0. The summed E-state index contributed by atoms with van der Waals surface area (Å²) in [6.45, 7) is 3.37. The molecule has 0 aromatic heterocycles. The number of carbonyl (C=O) groups excluding carboxylic acids is 1. The van der Waals surface area contributed by atoms with Crippen LogP contribution in [0.2, 0.25) is 0 Å². The SMILES string of the molecule is C/C(=C\c1ccc(N)cc1)C(=O)N1CCC(N)CC1. The van der Waals surface area contributed by atoms with Gasteiger partial charge < -0.3 is 16.4 Å². The van der Waals surface area contributed by atoms with Crippen molar-refractivity contribution >= 4 is 17.7 Å². The van der Waals surface area contributed by atoms with E-state index in [1.807, 2.05) is 42.2 Å². The van der Waals surface area contributed by atoms with Crippen molar-refractivity contribution in [3.05, 3.63) is 35.4 Å². The molecule has 1 fully saturated rings. The number of carbonyl (C=O) groups is 1. The molecular formula is C15H21N3O. The molecular weight excluding hydrogens is 238 g/mol. The minimum atomic E-state index is 0.101. The van der Waals surface area contributed by atoms with Gasteiger partial charge in [0.25, 0.3) is 0 Å². The van der Waals surface area contributed by atoms with Gasteiger partial charge in [0, 0.05) is 30.4 Å². The van der Waals surface area contributed by atoms with Crippen LogP contribution in [0.4, 0.5) is 5.69 Å². The number of hydrogen-bond acceptors (Lipinski definition) is 3. The van der Waals surface area contributed by atoms with Gasteiger partial charge in [0.05, 0.1) is 0 Å². The van der Waals surface area contributed by atoms with Crippen molar-refractivity contribution in [2.24, 2.45) is 5.73 Å². The lowest BCUT2D eigenvalue weighted by molar-refractivity contribution is -0.127. The molecule has 1 aromatic rings. The maximum absolute atomic E-state index is 12.3. The third-order valence-electron chi connectivity index (χ3n) is 3.48. The highest BCUT2D eigenvalue weighted by molar-refractivity contribution is 5.97. The minimum Gasteiger partial charge on any atom is -0.399 e. The van der Waals surface area contributed by atoms with E-state index in [0.717, 1.165) is 42.8 Å². The van der Waals surface area contributed by atoms with Gasteiger partial charge in [-0.05, 0) is 43.5 Å². The third-order valence-corrected chi connectivity index (χ3v) is 3.48. The van der Waals surface area contributed by atoms with Crippen LogP contribution in [0.1, 0.15) is 25.3 Å². The van der Waals surface area contributed by atoms with Crippen molar-refractivity contribution in [1.29, 1.82) is 0 Å². The summed E-state index contributed by atoms with van der Waals surface area (Å²) in [5.74, 6) is 0.101. The molecule has 0 radical (unpaired) electrons. The summed E-state index contributed by atoms with van der Waals surface area (Å²) >= 11 is 0. The number of hydrogen-bond donors (Lipinski definition) is 2. The van der Waals surface area contributed by atoms with E-state index in [-0.39, 0.29) is 11.9 Å². The van der Waals surface area contributed by atoms with Gasteiger partial charge in [0.1, 0.15) is 0 Å². The molecule has 19 heavy (non-hydrogen) atoms. The van der Waals surface area contributed by atoms with Crippen LogP contribution in [0.3, 0.4) is 0 Å². The summed E-state index contributed by atoms with van der Waals surface area (Å²) in [4.78, 5) is 14.1. The smallest absolute Gasteiger partial charge is 0.249 e. The Hall–Kier alpha value is -1.81. The Balaban J connectivity index is 2.04. The first kappa shape index (κ1) is 13.6. The molecule has 0 atom stereocenters. The predicted molar refractivity (Wildman–Crippen MR) is 78.3 cm³/mol. The molecule has 1 heterocycles. The van der Waals surface area contributed by atoms with Crippen LogP contribution in [0.15, 0.2) is 29.8 Å². The van der Waals surface area contributed by atoms with E-state index in [0.29, 0.717) is 0 Å². The normalized spacial score (nSPS) is 17.6. The van der Waals surface area contributed by atoms with Gasteiger partial charge in [-0.1, -0.05) is 12.1 Å². The Labute approximate surface area is 114 Å². The molecule has 1 aromatic carbocycles. The van der Waals surface area contributed by atoms with E-state index in [1.54, 1.807) is 0 Å². The number of amides is 1. The van der Waals surface area contributed by atoms with E-state index >= 15 is 0 Å². The fraction of sp³-hybridized carbons (Fsp3) is 0.400. The van der Waals surface area contributed by atoms with Crippen molar-refractivity contribution in [3.8, 4) is 0 Å². The van der Waals surface area contributed by atoms with Gasteiger partial charge in [-0.3, -0.25) is 4.79 Å². The average Bonchev–Trinajstić information content (AvgIpc) is 2.41. The van der Waals surface area contributed by atoms with Crippen molar-refractivity contribution in [3.63, 3.8) is 0 Å². The molecule has 0 aliphatic carbocycles. The number of rotatable bonds is 2. The highest BCUT2D eigenvalue weighted by Crippen LogP contribution is 2.15. The monoisotopic (exact) mass is 259 g/mol. The second-order valence-corrected chi connectivity index (χ2v) is 5.12. The number of nitrogens with zero attached hydrogens (tertiary/aromatic N) is 1. The zero-order chi connectivity index (χ0) is 13.8. The summed E-state index contributed by atoms with van der Waals surface area (Å²) in [5, 5.41) is 0. The Kier molecular flexibility index (Phi) is 4.22. The molecule has 0 bridgehead atoms. The quantitative estimate of drug-likeness (QED) is 0.626. The van der Waals surface area contributed by atoms with Crippen molar-refractivity contribution in [2.45, 2.75) is 25.8 Å². The Morgan fingerprint density at radius 3 is 2.42 bits per heavy atom. The zero-order valence-electron chi connectivity index (χ0n) is 11.3. The second-order valence-electron chi connectivity index (χ2n) is 5.12. The molecule has 1 aliphatic rings. The molecule has 1 saturated heterocycles. The molecule has 1 aliphatic heterocycles. The number of anilines is 1. The average molecular weight is 259 g/mol. The van der Waals surface area contributed by atoms with Crippen molar-refractivity contribution < 1.29 is 4.79 Å². The molecule has 2 rings (SSSR count). The largest absolute Gasteiger partial charge is 0.399 e. The highest BCUT2D eigenvalue weighted by Gasteiger charge is 2.21. The predicted octanol–water partition coefficient (Wildman–Crippen LogP) is 1.62. The van der Waals surface area contributed by atoms with Gasteiger partial charge in [-0.25, -0.2) is 0 Å². The number of nitrogen functional groups attached to an aromatic ring is 1. The van der Waals surface area contributed by atoms with Gasteiger partial charge in [-0.15, -0.1) is 0 Å². The van der Waals surface area contributed by atoms with Crippen LogP contribution < -0.4 is 11.5 Å². The summed E-state index contributed by atoms with van der Waals surface area (Å²) in [6, 6.07) is 7.74. The van der Waals surface area contributed by atoms with E-state index in [1.165, 1.54) is 0 Å². The molecule has 4 heteroatoms. The third kappa shape index (κ3) is 3.58. The minimum absolute atomic E-state index is 0.101. The molecule has 1 amide bonds. The lowest BCUT2D eigenvalue weighted by Crippen LogP contribution is -2.43. The van der Waals surface area contributed by atoms with Crippen LogP contribution in [0, 0.1) is 0 Å². The number of benzene rings is 1.